The van der Waals surface area contributed by atoms with Crippen LogP contribution in [0.2, 0.25) is 0 Å². The SMILES string of the molecule is CCOC(=O)N1CCC(Nc2ccnc(Nc3ccc(F)cc3)n2)CC1. The molecule has 0 spiro atoms. The lowest BCUT2D eigenvalue weighted by Gasteiger charge is -2.31. The van der Waals surface area contributed by atoms with E-state index in [1.54, 1.807) is 36.2 Å². The monoisotopic (exact) mass is 359 g/mol. The lowest BCUT2D eigenvalue weighted by Crippen LogP contribution is -2.42. The van der Waals surface area contributed by atoms with Gasteiger partial charge >= 0.3 is 6.09 Å². The van der Waals surface area contributed by atoms with Gasteiger partial charge in [-0.2, -0.15) is 4.98 Å². The Bertz CT molecular complexity index is 733. The Morgan fingerprint density at radius 3 is 2.69 bits per heavy atom. The Morgan fingerprint density at radius 2 is 2.00 bits per heavy atom. The van der Waals surface area contributed by atoms with Crippen molar-refractivity contribution in [3.8, 4) is 0 Å². The minimum atomic E-state index is -0.291. The van der Waals surface area contributed by atoms with Crippen molar-refractivity contribution in [2.24, 2.45) is 0 Å². The Hall–Kier alpha value is -2.90. The third kappa shape index (κ3) is 4.81. The molecule has 1 aliphatic rings. The molecule has 0 saturated carbocycles. The van der Waals surface area contributed by atoms with Gasteiger partial charge in [0.15, 0.2) is 0 Å². The van der Waals surface area contributed by atoms with E-state index >= 15 is 0 Å². The Kier molecular flexibility index (Phi) is 5.83. The average Bonchev–Trinajstić information content (AvgIpc) is 2.65. The molecule has 7 nitrogen and oxygen atoms in total. The number of carbonyl (C=O) groups is 1. The highest BCUT2D eigenvalue weighted by Crippen LogP contribution is 2.18. The van der Waals surface area contributed by atoms with Crippen molar-refractivity contribution in [2.75, 3.05) is 30.3 Å². The predicted octanol–water partition coefficient (Wildman–Crippen LogP) is 3.39. The van der Waals surface area contributed by atoms with Crippen LogP contribution in [0.15, 0.2) is 36.5 Å². The summed E-state index contributed by atoms with van der Waals surface area (Å²) >= 11 is 0. The third-order valence-electron chi connectivity index (χ3n) is 4.13. The zero-order valence-corrected chi connectivity index (χ0v) is 14.6. The normalized spacial score (nSPS) is 14.8. The quantitative estimate of drug-likeness (QED) is 0.852. The number of ether oxygens (including phenoxy) is 1. The summed E-state index contributed by atoms with van der Waals surface area (Å²) in [6, 6.07) is 8.04. The Morgan fingerprint density at radius 1 is 1.27 bits per heavy atom. The van der Waals surface area contributed by atoms with E-state index in [0.717, 1.165) is 12.8 Å². The maximum Gasteiger partial charge on any atom is 0.409 e. The first-order valence-corrected chi connectivity index (χ1v) is 8.68. The standard InChI is InChI=1S/C18H22FN5O2/c1-2-26-18(25)24-11-8-15(9-12-24)21-16-7-10-20-17(23-16)22-14-5-3-13(19)4-6-14/h3-7,10,15H,2,8-9,11-12H2,1H3,(H2,20,21,22,23). The molecule has 1 amide bonds. The van der Waals surface area contributed by atoms with Gasteiger partial charge in [-0.25, -0.2) is 14.2 Å². The summed E-state index contributed by atoms with van der Waals surface area (Å²) in [5, 5.41) is 6.42. The van der Waals surface area contributed by atoms with Crippen molar-refractivity contribution in [1.82, 2.24) is 14.9 Å². The molecule has 2 N–H and O–H groups in total. The van der Waals surface area contributed by atoms with Crippen molar-refractivity contribution in [3.63, 3.8) is 0 Å². The second-order valence-corrected chi connectivity index (χ2v) is 6.00. The summed E-state index contributed by atoms with van der Waals surface area (Å²) in [7, 11) is 0. The number of nitrogens with one attached hydrogen (secondary N) is 2. The zero-order chi connectivity index (χ0) is 18.4. The van der Waals surface area contributed by atoms with Crippen LogP contribution < -0.4 is 10.6 Å². The van der Waals surface area contributed by atoms with Gasteiger partial charge in [-0.1, -0.05) is 0 Å². The van der Waals surface area contributed by atoms with Gasteiger partial charge in [-0.05, 0) is 50.1 Å². The van der Waals surface area contributed by atoms with E-state index in [4.69, 9.17) is 4.74 Å². The fourth-order valence-corrected chi connectivity index (χ4v) is 2.79. The molecule has 0 unspecified atom stereocenters. The second kappa shape index (κ2) is 8.46. The molecule has 2 aromatic rings. The van der Waals surface area contributed by atoms with Gasteiger partial charge in [0.05, 0.1) is 6.61 Å². The van der Waals surface area contributed by atoms with Gasteiger partial charge in [0.25, 0.3) is 0 Å². The maximum absolute atomic E-state index is 13.0. The van der Waals surface area contributed by atoms with E-state index < -0.39 is 0 Å². The molecule has 0 aliphatic carbocycles. The molecule has 1 aliphatic heterocycles. The highest BCUT2D eigenvalue weighted by molar-refractivity contribution is 5.67. The van der Waals surface area contributed by atoms with Gasteiger partial charge in [0, 0.05) is 31.0 Å². The van der Waals surface area contributed by atoms with Crippen molar-refractivity contribution in [1.29, 1.82) is 0 Å². The van der Waals surface area contributed by atoms with Crippen molar-refractivity contribution < 1.29 is 13.9 Å². The lowest BCUT2D eigenvalue weighted by atomic mass is 10.1. The molecule has 1 aromatic carbocycles. The highest BCUT2D eigenvalue weighted by Gasteiger charge is 2.23. The van der Waals surface area contributed by atoms with E-state index in [1.165, 1.54) is 12.1 Å². The molecule has 26 heavy (non-hydrogen) atoms. The highest BCUT2D eigenvalue weighted by atomic mass is 19.1. The molecule has 1 fully saturated rings. The van der Waals surface area contributed by atoms with Crippen LogP contribution in [0.5, 0.6) is 0 Å². The minimum Gasteiger partial charge on any atom is -0.450 e. The molecule has 0 atom stereocenters. The molecular weight excluding hydrogens is 337 g/mol. The van der Waals surface area contributed by atoms with Crippen molar-refractivity contribution in [3.05, 3.63) is 42.3 Å². The number of piperidine rings is 1. The van der Waals surface area contributed by atoms with Gasteiger partial charge in [0.2, 0.25) is 5.95 Å². The summed E-state index contributed by atoms with van der Waals surface area (Å²) in [6.07, 6.45) is 3.06. The van der Waals surface area contributed by atoms with Crippen LogP contribution in [-0.2, 0) is 4.74 Å². The zero-order valence-electron chi connectivity index (χ0n) is 14.6. The second-order valence-electron chi connectivity index (χ2n) is 6.00. The van der Waals surface area contributed by atoms with Crippen LogP contribution in [-0.4, -0.2) is 46.7 Å². The van der Waals surface area contributed by atoms with Gasteiger partial charge in [-0.3, -0.25) is 0 Å². The number of benzene rings is 1. The number of rotatable bonds is 5. The summed E-state index contributed by atoms with van der Waals surface area (Å²) in [4.78, 5) is 22.1. The molecule has 3 rings (SSSR count). The smallest absolute Gasteiger partial charge is 0.409 e. The van der Waals surface area contributed by atoms with Gasteiger partial charge < -0.3 is 20.3 Å². The average molecular weight is 359 g/mol. The maximum atomic E-state index is 13.0. The van der Waals surface area contributed by atoms with Crippen LogP contribution in [0.25, 0.3) is 0 Å². The Labute approximate surface area is 151 Å². The summed E-state index contributed by atoms with van der Waals surface area (Å²) in [5.74, 6) is 0.853. The van der Waals surface area contributed by atoms with Crippen LogP contribution in [0.3, 0.4) is 0 Å². The molecule has 2 heterocycles. The van der Waals surface area contributed by atoms with E-state index in [9.17, 15) is 9.18 Å². The van der Waals surface area contributed by atoms with Gasteiger partial charge in [0.1, 0.15) is 11.6 Å². The predicted molar refractivity (Wildman–Crippen MR) is 97.0 cm³/mol. The number of hydrogen-bond acceptors (Lipinski definition) is 6. The first-order valence-electron chi connectivity index (χ1n) is 8.68. The van der Waals surface area contributed by atoms with E-state index in [1.807, 2.05) is 0 Å². The topological polar surface area (TPSA) is 79.4 Å². The fraction of sp³-hybridized carbons (Fsp3) is 0.389. The molecule has 1 aromatic heterocycles. The van der Waals surface area contributed by atoms with E-state index in [0.29, 0.717) is 37.1 Å². The van der Waals surface area contributed by atoms with Gasteiger partial charge in [-0.15, -0.1) is 0 Å². The minimum absolute atomic E-state index is 0.231. The van der Waals surface area contributed by atoms with Crippen LogP contribution in [0, 0.1) is 5.82 Å². The van der Waals surface area contributed by atoms with Crippen LogP contribution in [0.1, 0.15) is 19.8 Å². The summed E-state index contributed by atoms with van der Waals surface area (Å²) in [5.41, 5.74) is 0.714. The third-order valence-corrected chi connectivity index (χ3v) is 4.13. The molecule has 0 radical (unpaired) electrons. The molecule has 1 saturated heterocycles. The van der Waals surface area contributed by atoms with E-state index in [-0.39, 0.29) is 18.0 Å². The summed E-state index contributed by atoms with van der Waals surface area (Å²) < 4.78 is 18.0. The van der Waals surface area contributed by atoms with Crippen LogP contribution >= 0.6 is 0 Å². The largest absolute Gasteiger partial charge is 0.450 e. The molecule has 8 heteroatoms. The van der Waals surface area contributed by atoms with E-state index in [2.05, 4.69) is 20.6 Å². The van der Waals surface area contributed by atoms with Crippen LogP contribution in [0.4, 0.5) is 26.6 Å². The summed E-state index contributed by atoms with van der Waals surface area (Å²) in [6.45, 7) is 3.51. The van der Waals surface area contributed by atoms with Crippen molar-refractivity contribution in [2.45, 2.75) is 25.8 Å². The number of aromatic nitrogens is 2. The lowest BCUT2D eigenvalue weighted by molar-refractivity contribution is 0.0983. The number of halogens is 1. The van der Waals surface area contributed by atoms with Crippen molar-refractivity contribution >= 4 is 23.5 Å². The molecule has 0 bridgehead atoms. The number of carbonyl (C=O) groups excluding carboxylic acids is 1. The first kappa shape index (κ1) is 17.9. The fourth-order valence-electron chi connectivity index (χ4n) is 2.79. The molecule has 138 valence electrons. The number of likely N-dealkylation sites (tertiary alicyclic amines) is 1. The first-order chi connectivity index (χ1) is 12.6. The number of hydrogen-bond donors (Lipinski definition) is 2. The molecular formula is C18H22FN5O2. The number of amides is 1. The number of nitrogens with zero attached hydrogens (tertiary/aromatic N) is 3. The number of anilines is 3. The Balaban J connectivity index is 1.54.